The van der Waals surface area contributed by atoms with Crippen LogP contribution in [0.1, 0.15) is 5.48 Å². The van der Waals surface area contributed by atoms with Crippen molar-refractivity contribution in [1.29, 1.82) is 0 Å². The maximum atomic E-state index is 12.9. The van der Waals surface area contributed by atoms with Crippen LogP contribution in [-0.4, -0.2) is 19.1 Å². The Bertz CT molecular complexity index is 420. The Labute approximate surface area is 80.1 Å². The topological polar surface area (TPSA) is 21.3 Å². The predicted molar refractivity (Wildman–Crippen MR) is 43.6 cm³/mol. The van der Waals surface area contributed by atoms with Crippen LogP contribution in [0.25, 0.3) is 0 Å². The molecule has 70 valence electrons. The van der Waals surface area contributed by atoms with Gasteiger partial charge < -0.3 is 10.1 Å². The van der Waals surface area contributed by atoms with Gasteiger partial charge in [0.15, 0.2) is 0 Å². The molecule has 1 N–H and O–H groups in total. The molecule has 1 heterocycles. The molecule has 0 atom stereocenters. The van der Waals surface area contributed by atoms with Crippen LogP contribution >= 0.6 is 0 Å². The minimum atomic E-state index is -2.08. The Morgan fingerprint density at radius 3 is 2.46 bits per heavy atom. The van der Waals surface area contributed by atoms with E-state index >= 15 is 0 Å². The lowest BCUT2D eigenvalue weighted by Gasteiger charge is -2.27. The third-order valence-corrected chi connectivity index (χ3v) is 1.50. The number of rotatable bonds is 2. The van der Waals surface area contributed by atoms with Crippen molar-refractivity contribution in [1.82, 2.24) is 5.32 Å². The van der Waals surface area contributed by atoms with Gasteiger partial charge in [-0.05, 0) is 0 Å². The summed E-state index contributed by atoms with van der Waals surface area (Å²) < 4.78 is 60.0. The van der Waals surface area contributed by atoms with E-state index in [4.69, 9.17) is 10.2 Å². The van der Waals surface area contributed by atoms with Crippen molar-refractivity contribution in [3.8, 4) is 5.75 Å². The van der Waals surface area contributed by atoms with Gasteiger partial charge in [0.1, 0.15) is 23.5 Å². The summed E-state index contributed by atoms with van der Waals surface area (Å²) in [5, 5.41) is 2.01. The summed E-state index contributed by atoms with van der Waals surface area (Å²) in [4.78, 5) is 0. The molecule has 0 aromatic heterocycles. The fourth-order valence-electron chi connectivity index (χ4n) is 0.923. The third kappa shape index (κ3) is 1.95. The Hall–Kier alpha value is -1.16. The average Bonchev–Trinajstić information content (AvgIpc) is 2.10. The molecule has 4 heteroatoms. The van der Waals surface area contributed by atoms with Gasteiger partial charge in [-0.25, -0.2) is 8.78 Å². The van der Waals surface area contributed by atoms with Gasteiger partial charge in [0.05, 0.1) is 0 Å². The van der Waals surface area contributed by atoms with Gasteiger partial charge in [0.25, 0.3) is 0 Å². The fraction of sp³-hybridized carbons (Fsp3) is 0.333. The molecule has 1 aliphatic rings. The van der Waals surface area contributed by atoms with Crippen molar-refractivity contribution in [2.24, 2.45) is 0 Å². The molecule has 13 heavy (non-hydrogen) atoms. The van der Waals surface area contributed by atoms with E-state index in [1.54, 1.807) is 0 Å². The van der Waals surface area contributed by atoms with Crippen LogP contribution in [-0.2, 0) is 0 Å². The molecule has 1 saturated heterocycles. The van der Waals surface area contributed by atoms with Crippen molar-refractivity contribution < 1.29 is 19.0 Å². The number of benzene rings is 1. The maximum Gasteiger partial charge on any atom is 0.129 e. The van der Waals surface area contributed by atoms with E-state index in [1.165, 1.54) is 0 Å². The monoisotopic (exact) mass is 189 g/mol. The van der Waals surface area contributed by atoms with E-state index in [-0.39, 0.29) is 5.75 Å². The Kier molecular flexibility index (Phi) is 1.24. The van der Waals surface area contributed by atoms with Gasteiger partial charge in [-0.3, -0.25) is 0 Å². The number of nitrogens with one attached hydrogen (secondary N) is 1. The fourth-order valence-corrected chi connectivity index (χ4v) is 0.923. The lowest BCUT2D eigenvalue weighted by atomic mass is 10.2. The second kappa shape index (κ2) is 3.30. The maximum absolute atomic E-state index is 12.9. The second-order valence-electron chi connectivity index (χ2n) is 2.52. The molecular weight excluding hydrogens is 176 g/mol. The van der Waals surface area contributed by atoms with Crippen LogP contribution in [0.4, 0.5) is 8.78 Å². The van der Waals surface area contributed by atoms with Crippen LogP contribution in [0.2, 0.25) is 0 Å². The van der Waals surface area contributed by atoms with Gasteiger partial charge >= 0.3 is 0 Å². The van der Waals surface area contributed by atoms with E-state index in [1.807, 2.05) is 5.32 Å². The average molecular weight is 189 g/mol. The second-order valence-corrected chi connectivity index (χ2v) is 2.52. The van der Waals surface area contributed by atoms with Crippen LogP contribution in [0.15, 0.2) is 18.2 Å². The zero-order valence-electron chi connectivity index (χ0n) is 10.5. The molecule has 0 spiro atoms. The lowest BCUT2D eigenvalue weighted by molar-refractivity contribution is 0.141. The van der Waals surface area contributed by atoms with Crippen molar-refractivity contribution in [2.75, 3.05) is 13.0 Å². The molecule has 0 aliphatic carbocycles. The minimum absolute atomic E-state index is 0.248. The number of halogens is 2. The summed E-state index contributed by atoms with van der Waals surface area (Å²) in [5.74, 6) is -1.98. The number of hydrogen-bond donors (Lipinski definition) is 1. The molecule has 0 unspecified atom stereocenters. The van der Waals surface area contributed by atoms with Crippen molar-refractivity contribution in [3.63, 3.8) is 0 Å². The Morgan fingerprint density at radius 2 is 1.92 bits per heavy atom. The van der Waals surface area contributed by atoms with Crippen molar-refractivity contribution in [2.45, 2.75) is 6.10 Å². The van der Waals surface area contributed by atoms with Gasteiger partial charge in [-0.1, -0.05) is 0 Å². The SMILES string of the molecule is [2H]C1([2H])NC([2H])([2H])C1Oc1cc(F)cc(F)c1. The van der Waals surface area contributed by atoms with E-state index in [0.29, 0.717) is 6.07 Å². The standard InChI is InChI=1S/C9H9F2NO/c10-6-1-7(11)3-8(2-6)13-9-4-12-5-9/h1-3,9,12H,4-5H2/i4D2,5D2. The summed E-state index contributed by atoms with van der Waals surface area (Å²) in [5.41, 5.74) is 0. The molecule has 2 nitrogen and oxygen atoms in total. The molecule has 0 amide bonds. The molecule has 0 saturated carbocycles. The molecule has 1 aromatic carbocycles. The van der Waals surface area contributed by atoms with Gasteiger partial charge in [0.2, 0.25) is 0 Å². The highest BCUT2D eigenvalue weighted by Crippen LogP contribution is 2.17. The van der Waals surface area contributed by atoms with Gasteiger partial charge in [-0.2, -0.15) is 0 Å². The minimum Gasteiger partial charge on any atom is -0.488 e. The summed E-state index contributed by atoms with van der Waals surface area (Å²) in [6.45, 7) is -4.15. The van der Waals surface area contributed by atoms with E-state index < -0.39 is 30.7 Å². The van der Waals surface area contributed by atoms with Crippen molar-refractivity contribution in [3.05, 3.63) is 29.8 Å². The normalized spacial score (nSPS) is 29.1. The number of ether oxygens (including phenoxy) is 1. The largest absolute Gasteiger partial charge is 0.488 e. The molecule has 1 aromatic rings. The first-order valence-electron chi connectivity index (χ1n) is 5.63. The smallest absolute Gasteiger partial charge is 0.129 e. The zero-order chi connectivity index (χ0) is 12.8. The van der Waals surface area contributed by atoms with Gasteiger partial charge in [0, 0.05) is 36.7 Å². The van der Waals surface area contributed by atoms with E-state index in [2.05, 4.69) is 0 Å². The highest BCUT2D eigenvalue weighted by molar-refractivity contribution is 5.24. The van der Waals surface area contributed by atoms with Crippen LogP contribution in [0.5, 0.6) is 5.75 Å². The van der Waals surface area contributed by atoms with Crippen molar-refractivity contribution >= 4 is 0 Å². The lowest BCUT2D eigenvalue weighted by Crippen LogP contribution is -2.50. The molecule has 2 rings (SSSR count). The molecule has 1 aliphatic heterocycles. The van der Waals surface area contributed by atoms with Crippen LogP contribution in [0.3, 0.4) is 0 Å². The molecule has 0 bridgehead atoms. The zero-order valence-corrected chi connectivity index (χ0v) is 6.47. The summed E-state index contributed by atoms with van der Waals surface area (Å²) >= 11 is 0. The Balaban J connectivity index is 2.20. The first-order chi connectivity index (χ1) is 7.71. The van der Waals surface area contributed by atoms with E-state index in [9.17, 15) is 8.78 Å². The number of hydrogen-bond acceptors (Lipinski definition) is 2. The first-order valence-corrected chi connectivity index (χ1v) is 3.63. The summed E-state index contributed by atoms with van der Waals surface area (Å²) in [7, 11) is 0. The van der Waals surface area contributed by atoms with Crippen LogP contribution < -0.4 is 10.1 Å². The molecule has 1 fully saturated rings. The van der Waals surface area contributed by atoms with Gasteiger partial charge in [-0.15, -0.1) is 0 Å². The highest BCUT2D eigenvalue weighted by atomic mass is 19.1. The summed E-state index contributed by atoms with van der Waals surface area (Å²) in [6.07, 6.45) is -1.46. The van der Waals surface area contributed by atoms with E-state index in [0.717, 1.165) is 12.1 Å². The Morgan fingerprint density at radius 1 is 1.31 bits per heavy atom. The predicted octanol–water partition coefficient (Wildman–Crippen LogP) is 1.32. The summed E-state index contributed by atoms with van der Waals surface area (Å²) in [6, 6.07) is 2.39. The highest BCUT2D eigenvalue weighted by Gasteiger charge is 2.18. The quantitative estimate of drug-likeness (QED) is 0.757. The van der Waals surface area contributed by atoms with Crippen LogP contribution in [0, 0.1) is 11.6 Å². The first kappa shape index (κ1) is 4.91. The third-order valence-electron chi connectivity index (χ3n) is 1.50. The molecule has 0 radical (unpaired) electrons. The molecular formula is C9H9F2NO.